The molecule has 80 valence electrons. The third-order valence-electron chi connectivity index (χ3n) is 1.84. The summed E-state index contributed by atoms with van der Waals surface area (Å²) in [4.78, 5) is 0. The Morgan fingerprint density at radius 1 is 1.21 bits per heavy atom. The first-order valence-electron chi connectivity index (χ1n) is 4.84. The monoisotopic (exact) mass is 196 g/mol. The summed E-state index contributed by atoms with van der Waals surface area (Å²) in [5, 5.41) is 19.4. The van der Waals surface area contributed by atoms with E-state index in [1.807, 2.05) is 20.8 Å². The van der Waals surface area contributed by atoms with Crippen LogP contribution in [0.4, 0.5) is 0 Å². The van der Waals surface area contributed by atoms with Gasteiger partial charge in [0.2, 0.25) is 0 Å². The Hall–Kier alpha value is -0.780. The molecule has 0 aromatic carbocycles. The third kappa shape index (κ3) is 5.80. The lowest BCUT2D eigenvalue weighted by atomic mass is 10.00. The van der Waals surface area contributed by atoms with Gasteiger partial charge in [0.1, 0.15) is 11.2 Å². The van der Waals surface area contributed by atoms with E-state index in [0.717, 1.165) is 5.57 Å². The quantitative estimate of drug-likeness (QED) is 0.523. The summed E-state index contributed by atoms with van der Waals surface area (Å²) in [7, 11) is 0. The van der Waals surface area contributed by atoms with Crippen molar-refractivity contribution in [3.63, 3.8) is 0 Å². The van der Waals surface area contributed by atoms with Gasteiger partial charge in [-0.05, 0) is 40.2 Å². The van der Waals surface area contributed by atoms with Crippen LogP contribution >= 0.6 is 0 Å². The predicted molar refractivity (Wildman–Crippen MR) is 58.7 cm³/mol. The van der Waals surface area contributed by atoms with E-state index in [0.29, 0.717) is 6.42 Å². The molecule has 0 bridgehead atoms. The zero-order valence-electron chi connectivity index (χ0n) is 9.68. The van der Waals surface area contributed by atoms with Gasteiger partial charge in [-0.3, -0.25) is 0 Å². The molecule has 0 aromatic heterocycles. The molecule has 2 atom stereocenters. The SMILES string of the molecule is CCC(C)(O)C#CC(C)(O)C=C(C)C. The van der Waals surface area contributed by atoms with Gasteiger partial charge in [0.05, 0.1) is 0 Å². The topological polar surface area (TPSA) is 40.5 Å². The van der Waals surface area contributed by atoms with Crippen molar-refractivity contribution in [2.45, 2.75) is 52.2 Å². The molecule has 0 spiro atoms. The van der Waals surface area contributed by atoms with Crippen molar-refractivity contribution in [2.24, 2.45) is 0 Å². The lowest BCUT2D eigenvalue weighted by Gasteiger charge is -2.16. The molecule has 0 radical (unpaired) electrons. The van der Waals surface area contributed by atoms with E-state index < -0.39 is 11.2 Å². The van der Waals surface area contributed by atoms with Crippen molar-refractivity contribution in [1.29, 1.82) is 0 Å². The van der Waals surface area contributed by atoms with Crippen molar-refractivity contribution in [3.8, 4) is 11.8 Å². The minimum absolute atomic E-state index is 0.547. The molecule has 0 aliphatic rings. The number of hydrogen-bond acceptors (Lipinski definition) is 2. The third-order valence-corrected chi connectivity index (χ3v) is 1.84. The minimum atomic E-state index is -1.15. The van der Waals surface area contributed by atoms with E-state index in [4.69, 9.17) is 0 Å². The average Bonchev–Trinajstić information content (AvgIpc) is 1.99. The van der Waals surface area contributed by atoms with E-state index in [-0.39, 0.29) is 0 Å². The van der Waals surface area contributed by atoms with Crippen LogP contribution in [-0.4, -0.2) is 21.4 Å². The molecule has 0 heterocycles. The zero-order chi connectivity index (χ0) is 11.4. The van der Waals surface area contributed by atoms with Crippen molar-refractivity contribution < 1.29 is 10.2 Å². The maximum Gasteiger partial charge on any atom is 0.141 e. The molecule has 2 heteroatoms. The van der Waals surface area contributed by atoms with Gasteiger partial charge in [-0.1, -0.05) is 24.3 Å². The van der Waals surface area contributed by atoms with Crippen LogP contribution in [0.15, 0.2) is 11.6 Å². The molecular weight excluding hydrogens is 176 g/mol. The molecule has 0 aliphatic heterocycles. The molecule has 0 amide bonds. The van der Waals surface area contributed by atoms with E-state index in [9.17, 15) is 10.2 Å². The van der Waals surface area contributed by atoms with Gasteiger partial charge in [-0.25, -0.2) is 0 Å². The predicted octanol–water partition coefficient (Wildman–Crippen LogP) is 1.87. The van der Waals surface area contributed by atoms with E-state index in [1.54, 1.807) is 19.9 Å². The van der Waals surface area contributed by atoms with E-state index in [2.05, 4.69) is 11.8 Å². The fourth-order valence-electron chi connectivity index (χ4n) is 0.948. The summed E-state index contributed by atoms with van der Waals surface area (Å²) >= 11 is 0. The molecule has 0 fully saturated rings. The van der Waals surface area contributed by atoms with Crippen LogP contribution in [-0.2, 0) is 0 Å². The Balaban J connectivity index is 4.73. The number of hydrogen-bond donors (Lipinski definition) is 2. The van der Waals surface area contributed by atoms with Crippen LogP contribution in [0.3, 0.4) is 0 Å². The highest BCUT2D eigenvalue weighted by Gasteiger charge is 2.17. The van der Waals surface area contributed by atoms with Gasteiger partial charge < -0.3 is 10.2 Å². The molecule has 0 saturated carbocycles. The minimum Gasteiger partial charge on any atom is -0.378 e. The molecule has 0 saturated heterocycles. The molecule has 14 heavy (non-hydrogen) atoms. The molecule has 2 unspecified atom stereocenters. The highest BCUT2D eigenvalue weighted by Crippen LogP contribution is 2.10. The first-order chi connectivity index (χ1) is 6.18. The molecule has 2 nitrogen and oxygen atoms in total. The normalized spacial score (nSPS) is 18.5. The smallest absolute Gasteiger partial charge is 0.141 e. The fourth-order valence-corrected chi connectivity index (χ4v) is 0.948. The van der Waals surface area contributed by atoms with Gasteiger partial charge in [0.25, 0.3) is 0 Å². The number of aliphatic hydroxyl groups is 2. The largest absolute Gasteiger partial charge is 0.378 e. The lowest BCUT2D eigenvalue weighted by molar-refractivity contribution is 0.116. The highest BCUT2D eigenvalue weighted by molar-refractivity contribution is 5.26. The Labute approximate surface area is 86.7 Å². The van der Waals surface area contributed by atoms with Crippen molar-refractivity contribution in [1.82, 2.24) is 0 Å². The summed E-state index contributed by atoms with van der Waals surface area (Å²) in [5.41, 5.74) is -1.17. The van der Waals surface area contributed by atoms with Crippen LogP contribution in [0, 0.1) is 11.8 Å². The Morgan fingerprint density at radius 2 is 1.71 bits per heavy atom. The van der Waals surface area contributed by atoms with Gasteiger partial charge >= 0.3 is 0 Å². The average molecular weight is 196 g/mol. The van der Waals surface area contributed by atoms with Crippen LogP contribution in [0.5, 0.6) is 0 Å². The Bertz CT molecular complexity index is 270. The maximum absolute atomic E-state index is 9.78. The van der Waals surface area contributed by atoms with Crippen molar-refractivity contribution in [2.75, 3.05) is 0 Å². The van der Waals surface area contributed by atoms with Crippen LogP contribution in [0.1, 0.15) is 41.0 Å². The molecule has 0 aromatic rings. The summed E-state index contributed by atoms with van der Waals surface area (Å²) in [6.45, 7) is 8.89. The highest BCUT2D eigenvalue weighted by atomic mass is 16.3. The summed E-state index contributed by atoms with van der Waals surface area (Å²) < 4.78 is 0. The van der Waals surface area contributed by atoms with Crippen molar-refractivity contribution >= 4 is 0 Å². The van der Waals surface area contributed by atoms with Gasteiger partial charge in [-0.15, -0.1) is 0 Å². The molecule has 2 N–H and O–H groups in total. The molecule has 0 rings (SSSR count). The van der Waals surface area contributed by atoms with Crippen LogP contribution in [0.2, 0.25) is 0 Å². The molecule has 0 aliphatic carbocycles. The van der Waals surface area contributed by atoms with Crippen LogP contribution < -0.4 is 0 Å². The zero-order valence-corrected chi connectivity index (χ0v) is 9.68. The summed E-state index contributed by atoms with van der Waals surface area (Å²) in [6, 6.07) is 0. The van der Waals surface area contributed by atoms with Crippen LogP contribution in [0.25, 0.3) is 0 Å². The van der Waals surface area contributed by atoms with Gasteiger partial charge in [-0.2, -0.15) is 0 Å². The maximum atomic E-state index is 9.78. The Morgan fingerprint density at radius 3 is 2.07 bits per heavy atom. The summed E-state index contributed by atoms with van der Waals surface area (Å²) in [6.07, 6.45) is 2.22. The lowest BCUT2D eigenvalue weighted by Crippen LogP contribution is -2.24. The Kier molecular flexibility index (Phi) is 4.38. The summed E-state index contributed by atoms with van der Waals surface area (Å²) in [5.74, 6) is 5.33. The number of rotatable bonds is 2. The van der Waals surface area contributed by atoms with E-state index >= 15 is 0 Å². The second-order valence-electron chi connectivity index (χ2n) is 4.25. The second-order valence-corrected chi connectivity index (χ2v) is 4.25. The second kappa shape index (κ2) is 4.63. The van der Waals surface area contributed by atoms with Gasteiger partial charge in [0, 0.05) is 0 Å². The van der Waals surface area contributed by atoms with Gasteiger partial charge in [0.15, 0.2) is 0 Å². The standard InChI is InChI=1S/C12H20O2/c1-6-11(4,13)7-8-12(5,14)9-10(2)3/h9,13-14H,6H2,1-5H3. The first-order valence-corrected chi connectivity index (χ1v) is 4.84. The fraction of sp³-hybridized carbons (Fsp3) is 0.667. The molecular formula is C12H20O2. The first kappa shape index (κ1) is 13.2. The number of allylic oxidation sites excluding steroid dienone is 1. The van der Waals surface area contributed by atoms with Crippen molar-refractivity contribution in [3.05, 3.63) is 11.6 Å². The van der Waals surface area contributed by atoms with E-state index in [1.165, 1.54) is 0 Å².